The van der Waals surface area contributed by atoms with Crippen molar-refractivity contribution in [2.24, 2.45) is 0 Å². The molecule has 0 aromatic rings. The van der Waals surface area contributed by atoms with Crippen molar-refractivity contribution in [3.8, 4) is 0 Å². The van der Waals surface area contributed by atoms with E-state index in [2.05, 4.69) is 5.32 Å². The zero-order chi connectivity index (χ0) is 15.2. The van der Waals surface area contributed by atoms with Crippen LogP contribution in [-0.2, 0) is 14.3 Å². The van der Waals surface area contributed by atoms with Crippen LogP contribution in [0.5, 0.6) is 0 Å². The van der Waals surface area contributed by atoms with Gasteiger partial charge in [-0.3, -0.25) is 10.1 Å². The average Bonchev–Trinajstić information content (AvgIpc) is 3.11. The first-order valence-corrected chi connectivity index (χ1v) is 6.86. The Morgan fingerprint density at radius 2 is 1.85 bits per heavy atom. The van der Waals surface area contributed by atoms with Crippen molar-refractivity contribution < 1.29 is 27.4 Å². The summed E-state index contributed by atoms with van der Waals surface area (Å²) in [5.41, 5.74) is -0.893. The summed E-state index contributed by atoms with van der Waals surface area (Å²) in [5, 5.41) is 3.18. The molecule has 0 radical (unpaired) electrons. The quantitative estimate of drug-likeness (QED) is 0.524. The Bertz CT molecular complexity index is 318. The standard InChI is InChI=1S/C13H22F3NO3/c1-3-20-11(18)12(2,17-10-4-5-10)6-8-19-9-7-13(14,15)16/h10,17H,3-9H2,1-2H3. The summed E-state index contributed by atoms with van der Waals surface area (Å²) >= 11 is 0. The molecule has 4 nitrogen and oxygen atoms in total. The maximum absolute atomic E-state index is 12.0. The van der Waals surface area contributed by atoms with Crippen molar-refractivity contribution in [1.82, 2.24) is 5.32 Å². The van der Waals surface area contributed by atoms with E-state index in [0.717, 1.165) is 12.8 Å². The number of carbonyl (C=O) groups is 1. The largest absolute Gasteiger partial charge is 0.465 e. The third-order valence-corrected chi connectivity index (χ3v) is 3.10. The highest BCUT2D eigenvalue weighted by atomic mass is 19.4. The highest BCUT2D eigenvalue weighted by Crippen LogP contribution is 2.25. The molecule has 0 aromatic heterocycles. The smallest absolute Gasteiger partial charge is 0.391 e. The molecule has 0 spiro atoms. The Labute approximate surface area is 117 Å². The minimum absolute atomic E-state index is 0.0884. The van der Waals surface area contributed by atoms with Crippen LogP contribution in [0, 0.1) is 0 Å². The predicted octanol–water partition coefficient (Wildman–Crippen LogP) is 2.42. The molecule has 0 aliphatic heterocycles. The van der Waals surface area contributed by atoms with Crippen molar-refractivity contribution in [3.63, 3.8) is 0 Å². The van der Waals surface area contributed by atoms with Gasteiger partial charge in [0.1, 0.15) is 5.54 Å². The first-order chi connectivity index (χ1) is 9.27. The lowest BCUT2D eigenvalue weighted by atomic mass is 9.98. The van der Waals surface area contributed by atoms with Crippen LogP contribution in [0.2, 0.25) is 0 Å². The molecule has 0 bridgehead atoms. The first-order valence-electron chi connectivity index (χ1n) is 6.86. The summed E-state index contributed by atoms with van der Waals surface area (Å²) in [5.74, 6) is -0.383. The number of nitrogens with one attached hydrogen (secondary N) is 1. The third kappa shape index (κ3) is 6.56. The highest BCUT2D eigenvalue weighted by molar-refractivity contribution is 5.80. The lowest BCUT2D eigenvalue weighted by Gasteiger charge is -2.28. The van der Waals surface area contributed by atoms with E-state index in [1.54, 1.807) is 13.8 Å². The summed E-state index contributed by atoms with van der Waals surface area (Å²) < 4.78 is 45.9. The van der Waals surface area contributed by atoms with Crippen molar-refractivity contribution in [2.45, 2.75) is 57.3 Å². The predicted molar refractivity (Wildman–Crippen MR) is 67.3 cm³/mol. The van der Waals surface area contributed by atoms with Crippen LogP contribution in [0.15, 0.2) is 0 Å². The van der Waals surface area contributed by atoms with Gasteiger partial charge in [-0.1, -0.05) is 0 Å². The molecule has 1 rings (SSSR count). The van der Waals surface area contributed by atoms with Crippen molar-refractivity contribution >= 4 is 5.97 Å². The number of halogens is 3. The van der Waals surface area contributed by atoms with Gasteiger partial charge in [0.25, 0.3) is 0 Å². The van der Waals surface area contributed by atoms with Gasteiger partial charge in [-0.15, -0.1) is 0 Å². The number of carbonyl (C=O) groups excluding carboxylic acids is 1. The molecule has 1 unspecified atom stereocenters. The van der Waals surface area contributed by atoms with Gasteiger partial charge in [-0.05, 0) is 33.1 Å². The average molecular weight is 297 g/mol. The molecule has 1 aliphatic rings. The van der Waals surface area contributed by atoms with Crippen LogP contribution >= 0.6 is 0 Å². The number of rotatable bonds is 9. The Balaban J connectivity index is 2.34. The van der Waals surface area contributed by atoms with Crippen LogP contribution in [0.4, 0.5) is 13.2 Å². The second-order valence-electron chi connectivity index (χ2n) is 5.20. The van der Waals surface area contributed by atoms with Crippen LogP contribution in [0.1, 0.15) is 39.5 Å². The Hall–Kier alpha value is -0.820. The Morgan fingerprint density at radius 3 is 2.35 bits per heavy atom. The lowest BCUT2D eigenvalue weighted by Crippen LogP contribution is -2.52. The molecule has 0 saturated heterocycles. The highest BCUT2D eigenvalue weighted by Gasteiger charge is 2.39. The minimum Gasteiger partial charge on any atom is -0.465 e. The van der Waals surface area contributed by atoms with E-state index in [-0.39, 0.29) is 25.8 Å². The van der Waals surface area contributed by atoms with E-state index >= 15 is 0 Å². The number of hydrogen-bond acceptors (Lipinski definition) is 4. The van der Waals surface area contributed by atoms with Crippen LogP contribution in [0.3, 0.4) is 0 Å². The van der Waals surface area contributed by atoms with Crippen LogP contribution in [0.25, 0.3) is 0 Å². The SMILES string of the molecule is CCOC(=O)C(C)(CCOCCC(F)(F)F)NC1CC1. The molecule has 0 heterocycles. The number of hydrogen-bond donors (Lipinski definition) is 1. The number of ether oxygens (including phenoxy) is 2. The first kappa shape index (κ1) is 17.2. The topological polar surface area (TPSA) is 47.6 Å². The summed E-state index contributed by atoms with van der Waals surface area (Å²) in [6.45, 7) is 3.40. The summed E-state index contributed by atoms with van der Waals surface area (Å²) in [4.78, 5) is 11.9. The fourth-order valence-electron chi connectivity index (χ4n) is 1.77. The van der Waals surface area contributed by atoms with Gasteiger partial charge in [-0.2, -0.15) is 13.2 Å². The summed E-state index contributed by atoms with van der Waals surface area (Å²) in [6.07, 6.45) is -2.88. The number of esters is 1. The van der Waals surface area contributed by atoms with E-state index in [9.17, 15) is 18.0 Å². The second-order valence-corrected chi connectivity index (χ2v) is 5.20. The summed E-state index contributed by atoms with van der Waals surface area (Å²) in [6, 6.07) is 0.291. The van der Waals surface area contributed by atoms with E-state index in [1.165, 1.54) is 0 Å². The van der Waals surface area contributed by atoms with E-state index in [1.807, 2.05) is 0 Å². The molecule has 1 aliphatic carbocycles. The molecule has 0 aromatic carbocycles. The van der Waals surface area contributed by atoms with Crippen LogP contribution < -0.4 is 5.32 Å². The molecule has 1 atom stereocenters. The van der Waals surface area contributed by atoms with Crippen molar-refractivity contribution in [2.75, 3.05) is 19.8 Å². The maximum Gasteiger partial charge on any atom is 0.391 e. The molecular weight excluding hydrogens is 275 g/mol. The molecular formula is C13H22F3NO3. The van der Waals surface area contributed by atoms with E-state index in [4.69, 9.17) is 9.47 Å². The van der Waals surface area contributed by atoms with E-state index < -0.39 is 18.1 Å². The van der Waals surface area contributed by atoms with Gasteiger partial charge in [-0.25, -0.2) is 0 Å². The van der Waals surface area contributed by atoms with E-state index in [0.29, 0.717) is 12.5 Å². The van der Waals surface area contributed by atoms with Gasteiger partial charge in [0.05, 0.1) is 19.6 Å². The zero-order valence-corrected chi connectivity index (χ0v) is 11.9. The monoisotopic (exact) mass is 297 g/mol. The van der Waals surface area contributed by atoms with Gasteiger partial charge in [0, 0.05) is 12.6 Å². The van der Waals surface area contributed by atoms with Gasteiger partial charge in [0.2, 0.25) is 0 Å². The molecule has 118 valence electrons. The fraction of sp³-hybridized carbons (Fsp3) is 0.923. The van der Waals surface area contributed by atoms with Crippen molar-refractivity contribution in [3.05, 3.63) is 0 Å². The molecule has 1 N–H and O–H groups in total. The van der Waals surface area contributed by atoms with Crippen molar-refractivity contribution in [1.29, 1.82) is 0 Å². The zero-order valence-electron chi connectivity index (χ0n) is 11.9. The molecule has 1 fully saturated rings. The molecule has 7 heteroatoms. The normalized spacial score (nSPS) is 18.6. The molecule has 20 heavy (non-hydrogen) atoms. The van der Waals surface area contributed by atoms with Crippen LogP contribution in [-0.4, -0.2) is 43.5 Å². The molecule has 1 saturated carbocycles. The molecule has 0 amide bonds. The minimum atomic E-state index is -4.21. The Morgan fingerprint density at radius 1 is 1.25 bits per heavy atom. The second kappa shape index (κ2) is 7.26. The third-order valence-electron chi connectivity index (χ3n) is 3.10. The summed E-state index contributed by atoms with van der Waals surface area (Å²) in [7, 11) is 0. The Kier molecular flexibility index (Phi) is 6.26. The fourth-order valence-corrected chi connectivity index (χ4v) is 1.77. The number of alkyl halides is 3. The van der Waals surface area contributed by atoms with Gasteiger partial charge >= 0.3 is 12.1 Å². The van der Waals surface area contributed by atoms with Gasteiger partial charge in [0.15, 0.2) is 0 Å². The van der Waals surface area contributed by atoms with Gasteiger partial charge < -0.3 is 9.47 Å². The maximum atomic E-state index is 12.0. The lowest BCUT2D eigenvalue weighted by molar-refractivity contribution is -0.153.